The maximum atomic E-state index is 14.8. The van der Waals surface area contributed by atoms with Gasteiger partial charge in [0.1, 0.15) is 17.4 Å². The summed E-state index contributed by atoms with van der Waals surface area (Å²) in [6.45, 7) is 5.00. The van der Waals surface area contributed by atoms with E-state index < -0.39 is 11.6 Å². The van der Waals surface area contributed by atoms with Crippen LogP contribution in [-0.2, 0) is 0 Å². The number of carbonyl (C=O) groups excluding carboxylic acids is 1. The first-order chi connectivity index (χ1) is 15.0. The lowest BCUT2D eigenvalue weighted by atomic mass is 10.0. The van der Waals surface area contributed by atoms with Crippen LogP contribution >= 0.6 is 0 Å². The summed E-state index contributed by atoms with van der Waals surface area (Å²) < 4.78 is 34.2. The Morgan fingerprint density at radius 2 is 1.77 bits per heavy atom. The summed E-state index contributed by atoms with van der Waals surface area (Å²) in [5, 5.41) is 0. The van der Waals surface area contributed by atoms with Gasteiger partial charge < -0.3 is 14.5 Å². The maximum absolute atomic E-state index is 14.8. The van der Waals surface area contributed by atoms with E-state index in [0.717, 1.165) is 26.2 Å². The van der Waals surface area contributed by atoms with E-state index in [2.05, 4.69) is 16.8 Å². The van der Waals surface area contributed by atoms with Crippen molar-refractivity contribution in [2.24, 2.45) is 0 Å². The highest BCUT2D eigenvalue weighted by molar-refractivity contribution is 5.95. The zero-order chi connectivity index (χ0) is 22.0. The molecule has 0 saturated carbocycles. The molecule has 1 unspecified atom stereocenters. The Hall–Kier alpha value is -2.51. The standard InChI is InChI=1S/C24H29F2N3O2/c1-27-9-3-4-18(16-27)28-10-12-29(13-11-28)24(30)21-7-5-17(14-22(21)25)20-8-6-19(31-2)15-23(20)26/h5-8,14-15,18H,3-4,9-13,16H2,1-2H3. The van der Waals surface area contributed by atoms with Gasteiger partial charge in [0.2, 0.25) is 0 Å². The largest absolute Gasteiger partial charge is 0.497 e. The summed E-state index contributed by atoms with van der Waals surface area (Å²) >= 11 is 0. The number of rotatable bonds is 4. The molecule has 0 spiro atoms. The van der Waals surface area contributed by atoms with Crippen molar-refractivity contribution in [3.05, 3.63) is 53.6 Å². The predicted octanol–water partition coefficient (Wildman–Crippen LogP) is 3.49. The average Bonchev–Trinajstić information content (AvgIpc) is 2.78. The Morgan fingerprint density at radius 1 is 1.00 bits per heavy atom. The molecule has 166 valence electrons. The van der Waals surface area contributed by atoms with E-state index in [0.29, 0.717) is 30.4 Å². The molecule has 7 heteroatoms. The third kappa shape index (κ3) is 4.72. The van der Waals surface area contributed by atoms with Crippen LogP contribution in [0.25, 0.3) is 11.1 Å². The van der Waals surface area contributed by atoms with Crippen LogP contribution in [0.5, 0.6) is 5.75 Å². The second-order valence-corrected chi connectivity index (χ2v) is 8.43. The molecule has 0 aromatic heterocycles. The number of nitrogens with zero attached hydrogens (tertiary/aromatic N) is 3. The van der Waals surface area contributed by atoms with Gasteiger partial charge in [-0.1, -0.05) is 6.07 Å². The van der Waals surface area contributed by atoms with E-state index in [9.17, 15) is 13.6 Å². The minimum Gasteiger partial charge on any atom is -0.497 e. The molecule has 2 saturated heterocycles. The van der Waals surface area contributed by atoms with Gasteiger partial charge >= 0.3 is 0 Å². The zero-order valence-corrected chi connectivity index (χ0v) is 18.1. The molecule has 31 heavy (non-hydrogen) atoms. The van der Waals surface area contributed by atoms with Crippen molar-refractivity contribution in [1.29, 1.82) is 0 Å². The molecule has 0 radical (unpaired) electrons. The Bertz CT molecular complexity index is 944. The highest BCUT2D eigenvalue weighted by atomic mass is 19.1. The van der Waals surface area contributed by atoms with Crippen LogP contribution in [0.1, 0.15) is 23.2 Å². The monoisotopic (exact) mass is 429 g/mol. The van der Waals surface area contributed by atoms with Gasteiger partial charge in [0, 0.05) is 50.4 Å². The molecule has 2 fully saturated rings. The van der Waals surface area contributed by atoms with Crippen molar-refractivity contribution in [2.75, 3.05) is 53.4 Å². The van der Waals surface area contributed by atoms with Crippen molar-refractivity contribution < 1.29 is 18.3 Å². The van der Waals surface area contributed by atoms with Gasteiger partial charge in [0.15, 0.2) is 0 Å². The number of amides is 1. The van der Waals surface area contributed by atoms with Crippen molar-refractivity contribution >= 4 is 5.91 Å². The van der Waals surface area contributed by atoms with E-state index >= 15 is 0 Å². The fourth-order valence-electron chi connectivity index (χ4n) is 4.61. The number of benzene rings is 2. The average molecular weight is 430 g/mol. The highest BCUT2D eigenvalue weighted by Crippen LogP contribution is 2.28. The number of halogens is 2. The Morgan fingerprint density at radius 3 is 2.42 bits per heavy atom. The van der Waals surface area contributed by atoms with E-state index in [1.165, 1.54) is 38.2 Å². The molecule has 1 atom stereocenters. The lowest BCUT2D eigenvalue weighted by Gasteiger charge is -2.42. The molecule has 2 heterocycles. The van der Waals surface area contributed by atoms with Crippen molar-refractivity contribution in [1.82, 2.24) is 14.7 Å². The summed E-state index contributed by atoms with van der Waals surface area (Å²) in [6, 6.07) is 9.24. The summed E-state index contributed by atoms with van der Waals surface area (Å²) in [5.41, 5.74) is 0.689. The molecule has 0 aliphatic carbocycles. The predicted molar refractivity (Wildman–Crippen MR) is 116 cm³/mol. The van der Waals surface area contributed by atoms with Crippen LogP contribution in [0.4, 0.5) is 8.78 Å². The minimum atomic E-state index is -0.631. The number of piperazine rings is 1. The number of carbonyl (C=O) groups is 1. The molecule has 4 rings (SSSR count). The fraction of sp³-hybridized carbons (Fsp3) is 0.458. The molecule has 0 bridgehead atoms. The molecule has 2 aliphatic heterocycles. The molecule has 5 nitrogen and oxygen atoms in total. The van der Waals surface area contributed by atoms with Crippen LogP contribution in [-0.4, -0.2) is 80.1 Å². The molecule has 0 N–H and O–H groups in total. The summed E-state index contributed by atoms with van der Waals surface area (Å²) in [4.78, 5) is 19.4. The first-order valence-corrected chi connectivity index (χ1v) is 10.8. The first kappa shape index (κ1) is 21.7. The van der Waals surface area contributed by atoms with Crippen LogP contribution in [0.2, 0.25) is 0 Å². The van der Waals surface area contributed by atoms with Crippen LogP contribution < -0.4 is 4.74 Å². The third-order valence-electron chi connectivity index (χ3n) is 6.40. The van der Waals surface area contributed by atoms with E-state index in [1.54, 1.807) is 23.1 Å². The van der Waals surface area contributed by atoms with Gasteiger partial charge in [-0.05, 0) is 56.3 Å². The number of piperidine rings is 1. The Balaban J connectivity index is 1.42. The number of ether oxygens (including phenoxy) is 1. The highest BCUT2D eigenvalue weighted by Gasteiger charge is 2.29. The van der Waals surface area contributed by atoms with Gasteiger partial charge in [-0.25, -0.2) is 8.78 Å². The van der Waals surface area contributed by atoms with Gasteiger partial charge in [0.05, 0.1) is 12.7 Å². The molecule has 2 aromatic rings. The van der Waals surface area contributed by atoms with Crippen LogP contribution in [0.15, 0.2) is 36.4 Å². The van der Waals surface area contributed by atoms with E-state index in [1.807, 2.05) is 0 Å². The molecule has 1 amide bonds. The lowest BCUT2D eigenvalue weighted by Crippen LogP contribution is -2.55. The lowest BCUT2D eigenvalue weighted by molar-refractivity contribution is 0.0449. The van der Waals surface area contributed by atoms with Gasteiger partial charge in [-0.15, -0.1) is 0 Å². The van der Waals surface area contributed by atoms with Gasteiger partial charge in [-0.2, -0.15) is 0 Å². The summed E-state index contributed by atoms with van der Waals surface area (Å²) in [7, 11) is 3.61. The Labute approximate surface area is 182 Å². The quantitative estimate of drug-likeness (QED) is 0.746. The number of likely N-dealkylation sites (N-methyl/N-ethyl adjacent to an activating group) is 1. The van der Waals surface area contributed by atoms with Crippen LogP contribution in [0.3, 0.4) is 0 Å². The number of hydrogen-bond donors (Lipinski definition) is 0. The molecule has 2 aliphatic rings. The van der Waals surface area contributed by atoms with Gasteiger partial charge in [0.25, 0.3) is 5.91 Å². The van der Waals surface area contributed by atoms with Crippen LogP contribution in [0, 0.1) is 11.6 Å². The van der Waals surface area contributed by atoms with Crippen molar-refractivity contribution in [3.8, 4) is 16.9 Å². The third-order valence-corrected chi connectivity index (χ3v) is 6.40. The fourth-order valence-corrected chi connectivity index (χ4v) is 4.61. The summed E-state index contributed by atoms with van der Waals surface area (Å²) in [6.07, 6.45) is 2.39. The maximum Gasteiger partial charge on any atom is 0.256 e. The Kier molecular flexibility index (Phi) is 6.53. The number of methoxy groups -OCH3 is 1. The molecule has 2 aromatic carbocycles. The first-order valence-electron chi connectivity index (χ1n) is 10.8. The number of hydrogen-bond acceptors (Lipinski definition) is 4. The molecular formula is C24H29F2N3O2. The van der Waals surface area contributed by atoms with E-state index in [-0.39, 0.29) is 17.0 Å². The topological polar surface area (TPSA) is 36.0 Å². The van der Waals surface area contributed by atoms with Crippen molar-refractivity contribution in [3.63, 3.8) is 0 Å². The second-order valence-electron chi connectivity index (χ2n) is 8.43. The smallest absolute Gasteiger partial charge is 0.256 e. The van der Waals surface area contributed by atoms with E-state index in [4.69, 9.17) is 4.74 Å². The molecular weight excluding hydrogens is 400 g/mol. The second kappa shape index (κ2) is 9.32. The zero-order valence-electron chi connectivity index (χ0n) is 18.1. The minimum absolute atomic E-state index is 0.0310. The number of likely N-dealkylation sites (tertiary alicyclic amines) is 1. The summed E-state index contributed by atoms with van der Waals surface area (Å²) in [5.74, 6) is -1.04. The van der Waals surface area contributed by atoms with Gasteiger partial charge in [-0.3, -0.25) is 9.69 Å². The van der Waals surface area contributed by atoms with Crippen molar-refractivity contribution in [2.45, 2.75) is 18.9 Å². The SMILES string of the molecule is COc1ccc(-c2ccc(C(=O)N3CCN(C4CCCN(C)C4)CC3)c(F)c2)c(F)c1. The normalized spacial score (nSPS) is 20.6.